The van der Waals surface area contributed by atoms with Gasteiger partial charge in [0, 0.05) is 43.5 Å². The van der Waals surface area contributed by atoms with Crippen molar-refractivity contribution >= 4 is 5.91 Å². The molecule has 1 aliphatic heterocycles. The molecule has 0 unspecified atom stereocenters. The fourth-order valence-corrected chi connectivity index (χ4v) is 3.63. The van der Waals surface area contributed by atoms with Crippen LogP contribution in [0.15, 0.2) is 12.3 Å². The Hall–Kier alpha value is -1.36. The molecule has 110 valence electrons. The summed E-state index contributed by atoms with van der Waals surface area (Å²) in [6.45, 7) is 4.54. The Morgan fingerprint density at radius 2 is 2.25 bits per heavy atom. The van der Waals surface area contributed by atoms with Gasteiger partial charge in [-0.2, -0.15) is 5.10 Å². The van der Waals surface area contributed by atoms with Gasteiger partial charge in [0.2, 0.25) is 5.91 Å². The monoisotopic (exact) mass is 276 g/mol. The summed E-state index contributed by atoms with van der Waals surface area (Å²) in [5, 5.41) is 7.48. The van der Waals surface area contributed by atoms with Crippen LogP contribution in [0.25, 0.3) is 0 Å². The second kappa shape index (κ2) is 5.95. The predicted octanol–water partition coefficient (Wildman–Crippen LogP) is 1.19. The van der Waals surface area contributed by atoms with Gasteiger partial charge in [0.05, 0.1) is 6.54 Å². The maximum Gasteiger partial charge on any atom is 0.234 e. The molecule has 20 heavy (non-hydrogen) atoms. The van der Waals surface area contributed by atoms with Crippen molar-refractivity contribution in [1.82, 2.24) is 20.0 Å². The van der Waals surface area contributed by atoms with Gasteiger partial charge in [0.1, 0.15) is 0 Å². The summed E-state index contributed by atoms with van der Waals surface area (Å²) in [6, 6.07) is 3.01. The number of hydrogen-bond donors (Lipinski definition) is 1. The summed E-state index contributed by atoms with van der Waals surface area (Å²) in [4.78, 5) is 14.2. The molecule has 5 nitrogen and oxygen atoms in total. The number of piperazine rings is 1. The minimum Gasteiger partial charge on any atom is -0.351 e. The second-order valence-corrected chi connectivity index (χ2v) is 5.88. The second-order valence-electron chi connectivity index (χ2n) is 5.88. The van der Waals surface area contributed by atoms with Gasteiger partial charge in [0.15, 0.2) is 0 Å². The van der Waals surface area contributed by atoms with Crippen LogP contribution in [-0.4, -0.2) is 45.8 Å². The number of carbonyl (C=O) groups is 1. The van der Waals surface area contributed by atoms with Crippen LogP contribution in [0.3, 0.4) is 0 Å². The molecule has 1 N–H and O–H groups in total. The van der Waals surface area contributed by atoms with Gasteiger partial charge >= 0.3 is 0 Å². The highest BCUT2D eigenvalue weighted by molar-refractivity contribution is 5.79. The number of nitrogens with zero attached hydrogens (tertiary/aromatic N) is 3. The van der Waals surface area contributed by atoms with Crippen molar-refractivity contribution in [1.29, 1.82) is 0 Å². The van der Waals surface area contributed by atoms with Crippen molar-refractivity contribution in [3.8, 4) is 0 Å². The van der Waals surface area contributed by atoms with Crippen molar-refractivity contribution in [2.24, 2.45) is 0 Å². The number of carbonyl (C=O) groups excluding carboxylic acids is 1. The number of fused-ring (bicyclic) bond motifs is 1. The minimum atomic E-state index is 0.192. The largest absolute Gasteiger partial charge is 0.351 e. The molecule has 2 heterocycles. The van der Waals surface area contributed by atoms with Crippen LogP contribution in [0.4, 0.5) is 0 Å². The SMILES string of the molecule is CCn1nccc1CCN1CC(=O)N[C@H]2CCCC[C@H]21. The molecule has 2 atom stereocenters. The number of rotatable bonds is 4. The Labute approximate surface area is 120 Å². The standard InChI is InChI=1S/C15H24N4O/c1-2-19-12(7-9-16-19)8-10-18-11-15(20)17-13-5-3-4-6-14(13)18/h7,9,13-14H,2-6,8,10-11H2,1H3,(H,17,20)/t13-,14+/m0/s1. The van der Waals surface area contributed by atoms with E-state index in [0.29, 0.717) is 18.6 Å². The van der Waals surface area contributed by atoms with E-state index in [9.17, 15) is 4.79 Å². The molecule has 1 aliphatic carbocycles. The van der Waals surface area contributed by atoms with Crippen molar-refractivity contribution in [2.45, 2.75) is 57.7 Å². The predicted molar refractivity (Wildman–Crippen MR) is 77.4 cm³/mol. The lowest BCUT2D eigenvalue weighted by Crippen LogP contribution is -2.61. The van der Waals surface area contributed by atoms with Crippen LogP contribution in [0, 0.1) is 0 Å². The van der Waals surface area contributed by atoms with Gasteiger partial charge in [-0.15, -0.1) is 0 Å². The third-order valence-electron chi connectivity index (χ3n) is 4.65. The zero-order valence-corrected chi connectivity index (χ0v) is 12.2. The van der Waals surface area contributed by atoms with Crippen molar-refractivity contribution < 1.29 is 4.79 Å². The third-order valence-corrected chi connectivity index (χ3v) is 4.65. The maximum absolute atomic E-state index is 11.8. The van der Waals surface area contributed by atoms with Gasteiger partial charge < -0.3 is 5.32 Å². The minimum absolute atomic E-state index is 0.192. The van der Waals surface area contributed by atoms with Crippen LogP contribution >= 0.6 is 0 Å². The molecule has 0 aromatic carbocycles. The Morgan fingerprint density at radius 1 is 1.40 bits per heavy atom. The zero-order valence-electron chi connectivity index (χ0n) is 12.2. The van der Waals surface area contributed by atoms with Gasteiger partial charge in [-0.25, -0.2) is 0 Å². The molecule has 2 fully saturated rings. The van der Waals surface area contributed by atoms with E-state index in [2.05, 4.69) is 28.3 Å². The molecule has 1 aromatic rings. The third kappa shape index (κ3) is 2.73. The molecule has 5 heteroatoms. The first-order valence-corrected chi connectivity index (χ1v) is 7.82. The number of aryl methyl sites for hydroxylation is 1. The van der Waals surface area contributed by atoms with E-state index in [1.807, 2.05) is 10.9 Å². The molecule has 0 spiro atoms. The van der Waals surface area contributed by atoms with Crippen molar-refractivity contribution in [3.63, 3.8) is 0 Å². The smallest absolute Gasteiger partial charge is 0.234 e. The highest BCUT2D eigenvalue weighted by Gasteiger charge is 2.35. The lowest BCUT2D eigenvalue weighted by atomic mass is 9.87. The molecule has 0 radical (unpaired) electrons. The van der Waals surface area contributed by atoms with Crippen LogP contribution in [0.1, 0.15) is 38.3 Å². The topological polar surface area (TPSA) is 50.2 Å². The summed E-state index contributed by atoms with van der Waals surface area (Å²) in [5.41, 5.74) is 1.27. The van der Waals surface area contributed by atoms with Crippen LogP contribution < -0.4 is 5.32 Å². The average Bonchev–Trinajstić information content (AvgIpc) is 2.92. The van der Waals surface area contributed by atoms with E-state index in [-0.39, 0.29) is 5.91 Å². The van der Waals surface area contributed by atoms with E-state index >= 15 is 0 Å². The highest BCUT2D eigenvalue weighted by atomic mass is 16.2. The Morgan fingerprint density at radius 3 is 3.10 bits per heavy atom. The number of hydrogen-bond acceptors (Lipinski definition) is 3. The lowest BCUT2D eigenvalue weighted by molar-refractivity contribution is -0.128. The van der Waals surface area contributed by atoms with Crippen LogP contribution in [0.5, 0.6) is 0 Å². The van der Waals surface area contributed by atoms with E-state index in [0.717, 1.165) is 25.9 Å². The van der Waals surface area contributed by atoms with Gasteiger partial charge in [-0.05, 0) is 25.8 Å². The highest BCUT2D eigenvalue weighted by Crippen LogP contribution is 2.25. The molecule has 1 aromatic heterocycles. The fraction of sp³-hybridized carbons (Fsp3) is 0.733. The normalized spacial score (nSPS) is 27.1. The molecule has 2 aliphatic rings. The van der Waals surface area contributed by atoms with Gasteiger partial charge in [-0.3, -0.25) is 14.4 Å². The first-order valence-electron chi connectivity index (χ1n) is 7.82. The number of aromatic nitrogens is 2. The lowest BCUT2D eigenvalue weighted by Gasteiger charge is -2.44. The summed E-state index contributed by atoms with van der Waals surface area (Å²) in [7, 11) is 0. The first kappa shape index (κ1) is 13.6. The number of amides is 1. The van der Waals surface area contributed by atoms with E-state index < -0.39 is 0 Å². The molecule has 1 saturated carbocycles. The van der Waals surface area contributed by atoms with E-state index in [1.165, 1.54) is 25.0 Å². The fourth-order valence-electron chi connectivity index (χ4n) is 3.63. The molecule has 1 amide bonds. The summed E-state index contributed by atoms with van der Waals surface area (Å²) < 4.78 is 2.04. The Bertz CT molecular complexity index is 470. The maximum atomic E-state index is 11.8. The quantitative estimate of drug-likeness (QED) is 0.898. The summed E-state index contributed by atoms with van der Waals surface area (Å²) >= 11 is 0. The summed E-state index contributed by atoms with van der Waals surface area (Å²) in [6.07, 6.45) is 7.74. The average molecular weight is 276 g/mol. The van der Waals surface area contributed by atoms with Crippen LogP contribution in [0.2, 0.25) is 0 Å². The van der Waals surface area contributed by atoms with E-state index in [1.54, 1.807) is 0 Å². The summed E-state index contributed by atoms with van der Waals surface area (Å²) in [5.74, 6) is 0.192. The molecular weight excluding hydrogens is 252 g/mol. The first-order chi connectivity index (χ1) is 9.78. The van der Waals surface area contributed by atoms with Crippen molar-refractivity contribution in [2.75, 3.05) is 13.1 Å². The van der Waals surface area contributed by atoms with Crippen LogP contribution in [-0.2, 0) is 17.8 Å². The van der Waals surface area contributed by atoms with Gasteiger partial charge in [-0.1, -0.05) is 12.8 Å². The zero-order chi connectivity index (χ0) is 13.9. The Kier molecular flexibility index (Phi) is 4.05. The molecule has 1 saturated heterocycles. The number of nitrogens with one attached hydrogen (secondary N) is 1. The molecule has 0 bridgehead atoms. The van der Waals surface area contributed by atoms with Gasteiger partial charge in [0.25, 0.3) is 0 Å². The van der Waals surface area contributed by atoms with E-state index in [4.69, 9.17) is 0 Å². The Balaban J connectivity index is 1.64. The van der Waals surface area contributed by atoms with Crippen molar-refractivity contribution in [3.05, 3.63) is 18.0 Å². The molecular formula is C15H24N4O. The molecule has 3 rings (SSSR count).